The number of H-pyrrole nitrogens is 1. The molecule has 7 heteroatoms. The fraction of sp³-hybridized carbons (Fsp3) is 0.500. The van der Waals surface area contributed by atoms with Gasteiger partial charge in [0.25, 0.3) is 0 Å². The summed E-state index contributed by atoms with van der Waals surface area (Å²) in [5.74, 6) is 2.87. The Kier molecular flexibility index (Phi) is 3.89. The normalized spacial score (nSPS) is 15.0. The van der Waals surface area contributed by atoms with E-state index in [0.717, 1.165) is 24.6 Å². The van der Waals surface area contributed by atoms with Gasteiger partial charge in [-0.1, -0.05) is 0 Å². The molecule has 0 spiro atoms. The minimum absolute atomic E-state index is 0.638. The summed E-state index contributed by atoms with van der Waals surface area (Å²) < 4.78 is 5.54. The molecule has 1 aliphatic heterocycles. The van der Waals surface area contributed by atoms with E-state index in [0.29, 0.717) is 17.4 Å². The topological polar surface area (TPSA) is 79.0 Å². The van der Waals surface area contributed by atoms with Gasteiger partial charge in [-0.25, -0.2) is 9.97 Å². The number of aromatic nitrogens is 4. The number of nitrogens with zero attached hydrogens (tertiary/aromatic N) is 4. The van der Waals surface area contributed by atoms with Gasteiger partial charge in [-0.05, 0) is 26.2 Å². The molecule has 0 radical (unpaired) electrons. The lowest BCUT2D eigenvalue weighted by Crippen LogP contribution is -2.30. The minimum Gasteiger partial charge on any atom is -0.490 e. The van der Waals surface area contributed by atoms with Crippen LogP contribution in [-0.2, 0) is 0 Å². The number of hydrogen-bond acceptors (Lipinski definition) is 6. The van der Waals surface area contributed by atoms with Gasteiger partial charge in [-0.3, -0.25) is 5.10 Å². The van der Waals surface area contributed by atoms with Gasteiger partial charge in [0.15, 0.2) is 17.5 Å². The molecule has 0 aromatic carbocycles. The summed E-state index contributed by atoms with van der Waals surface area (Å²) in [6.45, 7) is 3.97. The number of aromatic amines is 1. The van der Waals surface area contributed by atoms with Crippen molar-refractivity contribution in [2.45, 2.75) is 26.2 Å². The van der Waals surface area contributed by atoms with Crippen molar-refractivity contribution in [1.29, 1.82) is 0 Å². The number of hydrogen-bond donors (Lipinski definition) is 2. The summed E-state index contributed by atoms with van der Waals surface area (Å²) in [5, 5.41) is 10.2. The summed E-state index contributed by atoms with van der Waals surface area (Å²) >= 11 is 0. The zero-order chi connectivity index (χ0) is 14.7. The number of ether oxygens (including phenoxy) is 1. The fourth-order valence-corrected chi connectivity index (χ4v) is 2.58. The molecule has 2 N–H and O–H groups in total. The Labute approximate surface area is 123 Å². The highest BCUT2D eigenvalue weighted by Gasteiger charge is 2.20. The third-order valence-corrected chi connectivity index (χ3v) is 3.60. The van der Waals surface area contributed by atoms with E-state index in [1.54, 1.807) is 13.4 Å². The number of anilines is 3. The number of rotatable bonds is 4. The Morgan fingerprint density at radius 1 is 1.24 bits per heavy atom. The second-order valence-electron chi connectivity index (χ2n) is 5.19. The maximum atomic E-state index is 5.54. The zero-order valence-corrected chi connectivity index (χ0v) is 12.4. The summed E-state index contributed by atoms with van der Waals surface area (Å²) in [6, 6.07) is 1.92. The fourth-order valence-electron chi connectivity index (χ4n) is 2.58. The molecule has 0 bridgehead atoms. The van der Waals surface area contributed by atoms with Crippen molar-refractivity contribution in [2.24, 2.45) is 0 Å². The van der Waals surface area contributed by atoms with Crippen molar-refractivity contribution in [3.8, 4) is 5.75 Å². The van der Waals surface area contributed by atoms with Gasteiger partial charge in [-0.15, -0.1) is 0 Å². The van der Waals surface area contributed by atoms with Gasteiger partial charge in [0.1, 0.15) is 6.33 Å². The molecule has 0 aliphatic carbocycles. The van der Waals surface area contributed by atoms with E-state index in [1.807, 2.05) is 13.0 Å². The second kappa shape index (κ2) is 5.99. The van der Waals surface area contributed by atoms with Crippen LogP contribution in [0.2, 0.25) is 0 Å². The molecule has 2 aromatic rings. The summed E-state index contributed by atoms with van der Waals surface area (Å²) in [4.78, 5) is 10.9. The van der Waals surface area contributed by atoms with E-state index in [9.17, 15) is 0 Å². The maximum Gasteiger partial charge on any atom is 0.204 e. The van der Waals surface area contributed by atoms with Crippen LogP contribution < -0.4 is 15.0 Å². The van der Waals surface area contributed by atoms with Crippen LogP contribution in [0.1, 0.15) is 25.0 Å². The van der Waals surface area contributed by atoms with Crippen molar-refractivity contribution in [3.63, 3.8) is 0 Å². The number of aryl methyl sites for hydroxylation is 1. The Bertz CT molecular complexity index is 605. The smallest absolute Gasteiger partial charge is 0.204 e. The Balaban J connectivity index is 1.89. The molecule has 0 amide bonds. The first-order valence-electron chi connectivity index (χ1n) is 7.21. The number of methoxy groups -OCH3 is 1. The molecule has 7 nitrogen and oxygen atoms in total. The Morgan fingerprint density at radius 2 is 2.05 bits per heavy atom. The van der Waals surface area contributed by atoms with E-state index in [-0.39, 0.29) is 0 Å². The van der Waals surface area contributed by atoms with Gasteiger partial charge in [0.2, 0.25) is 5.75 Å². The van der Waals surface area contributed by atoms with Crippen LogP contribution in [0.5, 0.6) is 5.75 Å². The van der Waals surface area contributed by atoms with Crippen molar-refractivity contribution < 1.29 is 4.74 Å². The standard InChI is InChI=1S/C14H20N6O/c1-10-8-11(19-18-10)17-13-12(21-2)14(16-9-15-13)20-6-4-3-5-7-20/h8-9H,3-7H2,1-2H3,(H2,15,16,17,18,19). The molecule has 2 aromatic heterocycles. The van der Waals surface area contributed by atoms with Gasteiger partial charge >= 0.3 is 0 Å². The summed E-state index contributed by atoms with van der Waals surface area (Å²) in [5.41, 5.74) is 0.988. The molecule has 1 saturated heterocycles. The second-order valence-corrected chi connectivity index (χ2v) is 5.19. The first kappa shape index (κ1) is 13.7. The third kappa shape index (κ3) is 2.91. The molecule has 1 fully saturated rings. The third-order valence-electron chi connectivity index (χ3n) is 3.60. The molecular weight excluding hydrogens is 268 g/mol. The van der Waals surface area contributed by atoms with Crippen molar-refractivity contribution >= 4 is 17.5 Å². The number of piperidine rings is 1. The molecule has 3 rings (SSSR count). The van der Waals surface area contributed by atoms with E-state index in [4.69, 9.17) is 4.74 Å². The quantitative estimate of drug-likeness (QED) is 0.898. The van der Waals surface area contributed by atoms with Crippen LogP contribution in [0.15, 0.2) is 12.4 Å². The van der Waals surface area contributed by atoms with E-state index < -0.39 is 0 Å². The summed E-state index contributed by atoms with van der Waals surface area (Å²) in [6.07, 6.45) is 5.22. The average Bonchev–Trinajstić information content (AvgIpc) is 2.93. The lowest BCUT2D eigenvalue weighted by atomic mass is 10.1. The lowest BCUT2D eigenvalue weighted by Gasteiger charge is -2.29. The molecule has 1 aliphatic rings. The minimum atomic E-state index is 0.638. The van der Waals surface area contributed by atoms with Crippen LogP contribution in [0.4, 0.5) is 17.5 Å². The predicted octanol–water partition coefficient (Wildman–Crippen LogP) is 2.25. The lowest BCUT2D eigenvalue weighted by molar-refractivity contribution is 0.410. The van der Waals surface area contributed by atoms with Gasteiger partial charge in [0, 0.05) is 24.8 Å². The molecule has 3 heterocycles. The van der Waals surface area contributed by atoms with Gasteiger partial charge < -0.3 is 15.0 Å². The molecule has 0 unspecified atom stereocenters. The van der Waals surface area contributed by atoms with E-state index >= 15 is 0 Å². The number of nitrogens with one attached hydrogen (secondary N) is 2. The molecular formula is C14H20N6O. The molecule has 21 heavy (non-hydrogen) atoms. The highest BCUT2D eigenvalue weighted by Crippen LogP contribution is 2.34. The van der Waals surface area contributed by atoms with Crippen LogP contribution in [0.25, 0.3) is 0 Å². The zero-order valence-electron chi connectivity index (χ0n) is 12.4. The maximum absolute atomic E-state index is 5.54. The highest BCUT2D eigenvalue weighted by molar-refractivity contribution is 5.68. The van der Waals surface area contributed by atoms with Gasteiger partial charge in [0.05, 0.1) is 7.11 Å². The van der Waals surface area contributed by atoms with Crippen molar-refractivity contribution in [3.05, 3.63) is 18.1 Å². The average molecular weight is 288 g/mol. The Morgan fingerprint density at radius 3 is 2.71 bits per heavy atom. The van der Waals surface area contributed by atoms with Crippen molar-refractivity contribution in [2.75, 3.05) is 30.4 Å². The molecule has 112 valence electrons. The monoisotopic (exact) mass is 288 g/mol. The Hall–Kier alpha value is -2.31. The van der Waals surface area contributed by atoms with Gasteiger partial charge in [-0.2, -0.15) is 5.10 Å². The molecule has 0 saturated carbocycles. The van der Waals surface area contributed by atoms with Crippen LogP contribution in [0.3, 0.4) is 0 Å². The molecule has 0 atom stereocenters. The van der Waals surface area contributed by atoms with Crippen molar-refractivity contribution in [1.82, 2.24) is 20.2 Å². The summed E-state index contributed by atoms with van der Waals surface area (Å²) in [7, 11) is 1.65. The first-order chi connectivity index (χ1) is 10.3. The first-order valence-corrected chi connectivity index (χ1v) is 7.21. The SMILES string of the molecule is COc1c(Nc2cc(C)[nH]n2)ncnc1N1CCCCC1. The highest BCUT2D eigenvalue weighted by atomic mass is 16.5. The van der Waals surface area contributed by atoms with Crippen LogP contribution in [0, 0.1) is 6.92 Å². The van der Waals surface area contributed by atoms with Crippen LogP contribution >= 0.6 is 0 Å². The predicted molar refractivity (Wildman–Crippen MR) is 81.3 cm³/mol. The van der Waals surface area contributed by atoms with Crippen LogP contribution in [-0.4, -0.2) is 40.4 Å². The van der Waals surface area contributed by atoms with E-state index in [1.165, 1.54) is 19.3 Å². The van der Waals surface area contributed by atoms with E-state index in [2.05, 4.69) is 30.4 Å². The largest absolute Gasteiger partial charge is 0.490 e.